The Morgan fingerprint density at radius 1 is 1.23 bits per heavy atom. The molecule has 4 nitrogen and oxygen atoms in total. The Kier molecular flexibility index (Phi) is 10.4. The van der Waals surface area contributed by atoms with Crippen molar-refractivity contribution in [2.45, 2.75) is 85.7 Å². The molecule has 0 aliphatic carbocycles. The molecule has 0 spiro atoms. The number of hydrogen-bond donors (Lipinski definition) is 3. The first-order valence-electron chi connectivity index (χ1n) is 11.1. The number of aliphatic hydroxyl groups excluding tert-OH is 1. The molecule has 0 heterocycles. The fraction of sp³-hybridized carbons (Fsp3) is 0.577. The summed E-state index contributed by atoms with van der Waals surface area (Å²) >= 11 is 4.92. The zero-order valence-electron chi connectivity index (χ0n) is 20.2. The zero-order chi connectivity index (χ0) is 23.8. The van der Waals surface area contributed by atoms with Crippen molar-refractivity contribution >= 4 is 18.6 Å². The highest BCUT2D eigenvalue weighted by Crippen LogP contribution is 2.42. The van der Waals surface area contributed by atoms with E-state index in [4.69, 9.17) is 22.5 Å². The van der Waals surface area contributed by atoms with Crippen molar-refractivity contribution < 1.29 is 19.7 Å². The molecule has 1 rings (SSSR count). The Balaban J connectivity index is 3.11. The largest absolute Gasteiger partial charge is 0.482 e. The van der Waals surface area contributed by atoms with Crippen LogP contribution in [0.15, 0.2) is 40.8 Å². The Labute approximate surface area is 193 Å². The minimum absolute atomic E-state index is 0.107. The molecular formula is C26H40O4S. The van der Waals surface area contributed by atoms with Crippen molar-refractivity contribution in [2.75, 3.05) is 6.61 Å². The van der Waals surface area contributed by atoms with Gasteiger partial charge >= 0.3 is 5.97 Å². The van der Waals surface area contributed by atoms with Crippen molar-refractivity contribution in [3.8, 4) is 5.75 Å². The smallest absolute Gasteiger partial charge is 0.341 e. The number of carbonyl (C=O) groups is 1. The predicted molar refractivity (Wildman–Crippen MR) is 132 cm³/mol. The van der Waals surface area contributed by atoms with E-state index >= 15 is 0 Å². The lowest BCUT2D eigenvalue weighted by Crippen LogP contribution is -2.25. The van der Waals surface area contributed by atoms with Gasteiger partial charge in [-0.05, 0) is 73.1 Å². The SMILES string of the molecule is CCC(CC)(/C(S)=C/C(C)=C/CCC(O)C(C)(C)C)c1ccc(OCC(=O)O)c(C)c1. The topological polar surface area (TPSA) is 66.8 Å². The van der Waals surface area contributed by atoms with Gasteiger partial charge in [0.2, 0.25) is 0 Å². The van der Waals surface area contributed by atoms with Crippen LogP contribution in [0.1, 0.15) is 78.4 Å². The molecule has 1 unspecified atom stereocenters. The lowest BCUT2D eigenvalue weighted by molar-refractivity contribution is -0.139. The van der Waals surface area contributed by atoms with Crippen LogP contribution >= 0.6 is 12.6 Å². The third-order valence-corrected chi connectivity index (χ3v) is 6.60. The summed E-state index contributed by atoms with van der Waals surface area (Å²) in [6, 6.07) is 5.94. The van der Waals surface area contributed by atoms with E-state index in [1.54, 1.807) is 0 Å². The lowest BCUT2D eigenvalue weighted by Gasteiger charge is -2.34. The minimum atomic E-state index is -0.988. The number of allylic oxidation sites excluding steroid dienone is 4. The van der Waals surface area contributed by atoms with Gasteiger partial charge < -0.3 is 14.9 Å². The van der Waals surface area contributed by atoms with Crippen LogP contribution in [0.25, 0.3) is 0 Å². The molecule has 0 bridgehead atoms. The molecule has 174 valence electrons. The van der Waals surface area contributed by atoms with Crippen LogP contribution in [-0.2, 0) is 10.2 Å². The molecule has 0 fully saturated rings. The third kappa shape index (κ3) is 7.73. The summed E-state index contributed by atoms with van der Waals surface area (Å²) in [5, 5.41) is 19.1. The third-order valence-electron chi connectivity index (χ3n) is 6.05. The fourth-order valence-electron chi connectivity index (χ4n) is 3.73. The van der Waals surface area contributed by atoms with Crippen LogP contribution in [-0.4, -0.2) is 28.9 Å². The maximum Gasteiger partial charge on any atom is 0.341 e. The Hall–Kier alpha value is -1.72. The number of carboxylic acid groups (broad SMARTS) is 1. The van der Waals surface area contributed by atoms with E-state index in [9.17, 15) is 9.90 Å². The summed E-state index contributed by atoms with van der Waals surface area (Å²) < 4.78 is 5.38. The quantitative estimate of drug-likeness (QED) is 0.268. The summed E-state index contributed by atoms with van der Waals surface area (Å²) in [5.74, 6) is -0.400. The standard InChI is InChI=1S/C26H40O4S/c1-8-26(9-2,20-13-14-21(19(4)16-20)30-17-24(28)29)23(31)15-18(3)11-10-12-22(27)25(5,6)7/h11,13-16,22,27,31H,8-10,12,17H2,1-7H3,(H,28,29)/b18-11+,23-15-. The summed E-state index contributed by atoms with van der Waals surface area (Å²) in [4.78, 5) is 11.8. The Bertz CT molecular complexity index is 798. The van der Waals surface area contributed by atoms with E-state index in [0.717, 1.165) is 47.3 Å². The van der Waals surface area contributed by atoms with E-state index in [-0.39, 0.29) is 23.5 Å². The van der Waals surface area contributed by atoms with Gasteiger partial charge in [0.25, 0.3) is 0 Å². The maximum atomic E-state index is 10.8. The van der Waals surface area contributed by atoms with E-state index in [1.807, 2.05) is 19.1 Å². The highest BCUT2D eigenvalue weighted by atomic mass is 32.1. The first-order valence-corrected chi connectivity index (χ1v) is 11.5. The average Bonchev–Trinajstić information content (AvgIpc) is 2.67. The van der Waals surface area contributed by atoms with Crippen LogP contribution in [0, 0.1) is 12.3 Å². The van der Waals surface area contributed by atoms with Crippen LogP contribution in [0.3, 0.4) is 0 Å². The summed E-state index contributed by atoms with van der Waals surface area (Å²) in [7, 11) is 0. The second-order valence-electron chi connectivity index (χ2n) is 9.39. The van der Waals surface area contributed by atoms with E-state index < -0.39 is 5.97 Å². The van der Waals surface area contributed by atoms with E-state index in [0.29, 0.717) is 5.75 Å². The molecule has 1 aromatic rings. The molecule has 0 saturated carbocycles. The van der Waals surface area contributed by atoms with Crippen LogP contribution < -0.4 is 4.74 Å². The van der Waals surface area contributed by atoms with Gasteiger partial charge in [0.05, 0.1) is 6.10 Å². The second kappa shape index (κ2) is 11.8. The lowest BCUT2D eigenvalue weighted by atomic mass is 9.74. The number of benzene rings is 1. The number of aryl methyl sites for hydroxylation is 1. The van der Waals surface area contributed by atoms with Crippen LogP contribution in [0.2, 0.25) is 0 Å². The Morgan fingerprint density at radius 2 is 1.84 bits per heavy atom. The first kappa shape index (κ1) is 27.3. The molecule has 1 aromatic carbocycles. The molecule has 1 atom stereocenters. The number of aliphatic hydroxyl groups is 1. The maximum absolute atomic E-state index is 10.8. The molecule has 5 heteroatoms. The Morgan fingerprint density at radius 3 is 2.32 bits per heavy atom. The number of hydrogen-bond acceptors (Lipinski definition) is 4. The van der Waals surface area contributed by atoms with Gasteiger partial charge in [0, 0.05) is 5.41 Å². The van der Waals surface area contributed by atoms with Crippen molar-refractivity contribution in [1.82, 2.24) is 0 Å². The molecule has 0 saturated heterocycles. The zero-order valence-corrected chi connectivity index (χ0v) is 21.1. The predicted octanol–water partition coefficient (Wildman–Crippen LogP) is 6.46. The highest BCUT2D eigenvalue weighted by Gasteiger charge is 2.31. The van der Waals surface area contributed by atoms with Gasteiger partial charge in [0.1, 0.15) is 5.75 Å². The van der Waals surface area contributed by atoms with Gasteiger partial charge in [0.15, 0.2) is 6.61 Å². The molecule has 0 amide bonds. The molecule has 0 radical (unpaired) electrons. The van der Waals surface area contributed by atoms with Crippen molar-refractivity contribution in [2.24, 2.45) is 5.41 Å². The van der Waals surface area contributed by atoms with Crippen LogP contribution in [0.4, 0.5) is 0 Å². The number of thiol groups is 1. The van der Waals surface area contributed by atoms with Gasteiger partial charge in [-0.3, -0.25) is 0 Å². The van der Waals surface area contributed by atoms with Crippen LogP contribution in [0.5, 0.6) is 5.75 Å². The number of ether oxygens (including phenoxy) is 1. The normalized spacial score (nSPS) is 14.5. The summed E-state index contributed by atoms with van der Waals surface area (Å²) in [5.41, 5.74) is 2.86. The molecule has 0 aromatic heterocycles. The summed E-state index contributed by atoms with van der Waals surface area (Å²) in [6.07, 6.45) is 7.31. The number of carboxylic acids is 1. The monoisotopic (exact) mass is 448 g/mol. The van der Waals surface area contributed by atoms with Crippen molar-refractivity contribution in [1.29, 1.82) is 0 Å². The van der Waals surface area contributed by atoms with Crippen molar-refractivity contribution in [3.05, 3.63) is 52.0 Å². The molecular weight excluding hydrogens is 408 g/mol. The molecule has 2 N–H and O–H groups in total. The number of aliphatic carboxylic acids is 1. The van der Waals surface area contributed by atoms with Gasteiger partial charge in [-0.1, -0.05) is 58.4 Å². The van der Waals surface area contributed by atoms with Gasteiger partial charge in [-0.2, -0.15) is 0 Å². The average molecular weight is 449 g/mol. The summed E-state index contributed by atoms with van der Waals surface area (Å²) in [6.45, 7) is 14.1. The number of rotatable bonds is 11. The molecule has 0 aliphatic heterocycles. The van der Waals surface area contributed by atoms with E-state index in [1.165, 1.54) is 0 Å². The minimum Gasteiger partial charge on any atom is -0.482 e. The fourth-order valence-corrected chi connectivity index (χ4v) is 4.38. The van der Waals surface area contributed by atoms with Gasteiger partial charge in [-0.15, -0.1) is 12.6 Å². The first-order chi connectivity index (χ1) is 14.4. The molecule has 31 heavy (non-hydrogen) atoms. The second-order valence-corrected chi connectivity index (χ2v) is 9.87. The van der Waals surface area contributed by atoms with Gasteiger partial charge in [-0.25, -0.2) is 4.79 Å². The van der Waals surface area contributed by atoms with E-state index in [2.05, 4.69) is 59.8 Å². The molecule has 0 aliphatic rings. The van der Waals surface area contributed by atoms with Crippen molar-refractivity contribution in [3.63, 3.8) is 0 Å². The highest BCUT2D eigenvalue weighted by molar-refractivity contribution is 7.84.